The van der Waals surface area contributed by atoms with Crippen molar-refractivity contribution in [3.05, 3.63) is 21.6 Å². The Bertz CT molecular complexity index is 399. The number of aromatic hydroxyl groups is 1. The molecule has 2 aromatic rings. The Morgan fingerprint density at radius 3 is 3.00 bits per heavy atom. The van der Waals surface area contributed by atoms with E-state index in [1.807, 2.05) is 13.0 Å². The molecule has 0 unspecified atom stereocenters. The zero-order valence-corrected chi connectivity index (χ0v) is 8.74. The van der Waals surface area contributed by atoms with Gasteiger partial charge >= 0.3 is 0 Å². The van der Waals surface area contributed by atoms with Crippen LogP contribution in [0.4, 0.5) is 0 Å². The molecular weight excluding hydrogens is 238 g/mol. The Morgan fingerprint density at radius 1 is 1.50 bits per heavy atom. The Morgan fingerprint density at radius 2 is 2.25 bits per heavy atom. The maximum absolute atomic E-state index is 9.34. The van der Waals surface area contributed by atoms with Crippen LogP contribution in [0.3, 0.4) is 0 Å². The van der Waals surface area contributed by atoms with Crippen LogP contribution in [0, 0.1) is 6.92 Å². The van der Waals surface area contributed by atoms with Gasteiger partial charge in [0.25, 0.3) is 0 Å². The van der Waals surface area contributed by atoms with Crippen LogP contribution >= 0.6 is 27.3 Å². The Kier molecular flexibility index (Phi) is 1.81. The first-order chi connectivity index (χ1) is 5.66. The molecule has 62 valence electrons. The highest BCUT2D eigenvalue weighted by atomic mass is 79.9. The molecule has 0 aliphatic carbocycles. The molecule has 0 bridgehead atoms. The van der Waals surface area contributed by atoms with Gasteiger partial charge in [-0.25, -0.2) is 4.98 Å². The predicted octanol–water partition coefficient (Wildman–Crippen LogP) is 3.07. The van der Waals surface area contributed by atoms with Crippen LogP contribution in [0.5, 0.6) is 5.75 Å². The molecule has 12 heavy (non-hydrogen) atoms. The molecule has 0 saturated heterocycles. The van der Waals surface area contributed by atoms with Gasteiger partial charge < -0.3 is 5.11 Å². The summed E-state index contributed by atoms with van der Waals surface area (Å²) >= 11 is 4.88. The molecule has 0 amide bonds. The van der Waals surface area contributed by atoms with Crippen LogP contribution < -0.4 is 0 Å². The van der Waals surface area contributed by atoms with Crippen molar-refractivity contribution >= 4 is 37.5 Å². The zero-order chi connectivity index (χ0) is 8.72. The summed E-state index contributed by atoms with van der Waals surface area (Å²) in [6.07, 6.45) is 0. The van der Waals surface area contributed by atoms with Crippen molar-refractivity contribution in [2.45, 2.75) is 6.92 Å². The van der Waals surface area contributed by atoms with Crippen LogP contribution in [0.2, 0.25) is 0 Å². The number of phenols is 1. The summed E-state index contributed by atoms with van der Waals surface area (Å²) in [6.45, 7) is 1.95. The van der Waals surface area contributed by atoms with Gasteiger partial charge in [-0.05, 0) is 28.9 Å². The van der Waals surface area contributed by atoms with Crippen molar-refractivity contribution in [3.63, 3.8) is 0 Å². The standard InChI is InChI=1S/C8H6BrNOS/c1-4-10-6-3-7(11)5(9)2-8(6)12-4/h2-3,11H,1H3. The van der Waals surface area contributed by atoms with Crippen molar-refractivity contribution in [1.29, 1.82) is 0 Å². The molecular formula is C8H6BrNOS. The van der Waals surface area contributed by atoms with Gasteiger partial charge in [0.15, 0.2) is 0 Å². The summed E-state index contributed by atoms with van der Waals surface area (Å²) in [6, 6.07) is 3.55. The fourth-order valence-corrected chi connectivity index (χ4v) is 2.40. The van der Waals surface area contributed by atoms with E-state index in [1.54, 1.807) is 17.4 Å². The lowest BCUT2D eigenvalue weighted by molar-refractivity contribution is 0.473. The fraction of sp³-hybridized carbons (Fsp3) is 0.125. The van der Waals surface area contributed by atoms with Gasteiger partial charge in [0.05, 0.1) is 19.7 Å². The van der Waals surface area contributed by atoms with Gasteiger partial charge in [-0.15, -0.1) is 11.3 Å². The molecule has 4 heteroatoms. The van der Waals surface area contributed by atoms with E-state index >= 15 is 0 Å². The summed E-state index contributed by atoms with van der Waals surface area (Å²) < 4.78 is 1.82. The first kappa shape index (κ1) is 8.01. The summed E-state index contributed by atoms with van der Waals surface area (Å²) in [4.78, 5) is 4.25. The van der Waals surface area contributed by atoms with E-state index in [4.69, 9.17) is 0 Å². The summed E-state index contributed by atoms with van der Waals surface area (Å²) in [7, 11) is 0. The zero-order valence-electron chi connectivity index (χ0n) is 6.34. The number of benzene rings is 1. The third-order valence-electron chi connectivity index (χ3n) is 1.56. The fourth-order valence-electron chi connectivity index (χ4n) is 1.05. The number of hydrogen-bond acceptors (Lipinski definition) is 3. The second kappa shape index (κ2) is 2.71. The van der Waals surface area contributed by atoms with Crippen molar-refractivity contribution in [2.24, 2.45) is 0 Å². The maximum atomic E-state index is 9.34. The van der Waals surface area contributed by atoms with Gasteiger partial charge in [0.1, 0.15) is 5.75 Å². The highest BCUT2D eigenvalue weighted by Gasteiger charge is 2.04. The monoisotopic (exact) mass is 243 g/mol. The van der Waals surface area contributed by atoms with Crippen molar-refractivity contribution in [3.8, 4) is 5.75 Å². The van der Waals surface area contributed by atoms with Crippen LogP contribution in [-0.2, 0) is 0 Å². The summed E-state index contributed by atoms with van der Waals surface area (Å²) in [5.41, 5.74) is 0.859. The number of hydrogen-bond donors (Lipinski definition) is 1. The largest absolute Gasteiger partial charge is 0.507 e. The van der Waals surface area contributed by atoms with E-state index in [-0.39, 0.29) is 5.75 Å². The molecule has 1 aromatic carbocycles. The number of rotatable bonds is 0. The number of aromatic nitrogens is 1. The molecule has 0 aliphatic heterocycles. The molecule has 1 aromatic heterocycles. The number of fused-ring (bicyclic) bond motifs is 1. The number of phenolic OH excluding ortho intramolecular Hbond substituents is 1. The first-order valence-corrected chi connectivity index (χ1v) is 5.03. The highest BCUT2D eigenvalue weighted by molar-refractivity contribution is 9.10. The molecule has 2 rings (SSSR count). The highest BCUT2D eigenvalue weighted by Crippen LogP contribution is 2.31. The normalized spacial score (nSPS) is 10.8. The van der Waals surface area contributed by atoms with E-state index in [0.29, 0.717) is 0 Å². The Balaban J connectivity index is 2.83. The lowest BCUT2D eigenvalue weighted by atomic mass is 10.3. The van der Waals surface area contributed by atoms with Crippen LogP contribution in [0.25, 0.3) is 10.2 Å². The van der Waals surface area contributed by atoms with E-state index in [1.165, 1.54) is 0 Å². The quantitative estimate of drug-likeness (QED) is 0.772. The van der Waals surface area contributed by atoms with E-state index in [0.717, 1.165) is 19.7 Å². The van der Waals surface area contributed by atoms with Crippen LogP contribution in [0.15, 0.2) is 16.6 Å². The number of halogens is 1. The maximum Gasteiger partial charge on any atom is 0.132 e. The second-order valence-corrected chi connectivity index (χ2v) is 4.59. The molecule has 0 saturated carbocycles. The molecule has 1 heterocycles. The van der Waals surface area contributed by atoms with E-state index < -0.39 is 0 Å². The third kappa shape index (κ3) is 1.21. The van der Waals surface area contributed by atoms with Gasteiger partial charge in [-0.2, -0.15) is 0 Å². The molecule has 0 spiro atoms. The van der Waals surface area contributed by atoms with Crippen molar-refractivity contribution in [1.82, 2.24) is 4.98 Å². The third-order valence-corrected chi connectivity index (χ3v) is 3.13. The average Bonchev–Trinajstić information content (AvgIpc) is 2.30. The van der Waals surface area contributed by atoms with Gasteiger partial charge in [-0.1, -0.05) is 0 Å². The predicted molar refractivity (Wildman–Crippen MR) is 53.7 cm³/mol. The van der Waals surface area contributed by atoms with E-state index in [9.17, 15) is 5.11 Å². The molecule has 0 fully saturated rings. The minimum atomic E-state index is 0.243. The number of thiazole rings is 1. The molecule has 0 radical (unpaired) electrons. The second-order valence-electron chi connectivity index (χ2n) is 2.50. The average molecular weight is 244 g/mol. The lowest BCUT2D eigenvalue weighted by Crippen LogP contribution is -1.70. The van der Waals surface area contributed by atoms with Crippen molar-refractivity contribution < 1.29 is 5.11 Å². The Hall–Kier alpha value is -0.610. The van der Waals surface area contributed by atoms with E-state index in [2.05, 4.69) is 20.9 Å². The first-order valence-electron chi connectivity index (χ1n) is 3.42. The van der Waals surface area contributed by atoms with Gasteiger partial charge in [0, 0.05) is 6.07 Å². The minimum Gasteiger partial charge on any atom is -0.507 e. The molecule has 0 aliphatic rings. The SMILES string of the molecule is Cc1nc2cc(O)c(Br)cc2s1. The van der Waals surface area contributed by atoms with Gasteiger partial charge in [0.2, 0.25) is 0 Å². The molecule has 0 atom stereocenters. The smallest absolute Gasteiger partial charge is 0.132 e. The van der Waals surface area contributed by atoms with Crippen LogP contribution in [0.1, 0.15) is 5.01 Å². The summed E-state index contributed by atoms with van der Waals surface area (Å²) in [5.74, 6) is 0.243. The topological polar surface area (TPSA) is 33.1 Å². The molecule has 2 nitrogen and oxygen atoms in total. The number of aryl methyl sites for hydroxylation is 1. The van der Waals surface area contributed by atoms with Gasteiger partial charge in [-0.3, -0.25) is 0 Å². The van der Waals surface area contributed by atoms with Crippen molar-refractivity contribution in [2.75, 3.05) is 0 Å². The lowest BCUT2D eigenvalue weighted by Gasteiger charge is -1.94. The minimum absolute atomic E-state index is 0.243. The van der Waals surface area contributed by atoms with Crippen LogP contribution in [-0.4, -0.2) is 10.1 Å². The number of nitrogens with zero attached hydrogens (tertiary/aromatic N) is 1. The Labute approximate surface area is 82.0 Å². The summed E-state index contributed by atoms with van der Waals surface area (Å²) in [5, 5.41) is 10.4. The molecule has 1 N–H and O–H groups in total.